The van der Waals surface area contributed by atoms with Gasteiger partial charge in [0.15, 0.2) is 5.78 Å². The highest BCUT2D eigenvalue weighted by Gasteiger charge is 2.33. The monoisotopic (exact) mass is 275 g/mol. The normalized spacial score (nSPS) is 22.6. The number of rotatable bonds is 6. The van der Waals surface area contributed by atoms with E-state index in [-0.39, 0.29) is 11.9 Å². The lowest BCUT2D eigenvalue weighted by Gasteiger charge is -2.34. The fraction of sp³-hybridized carbons (Fsp3) is 0.500. The lowest BCUT2D eigenvalue weighted by Crippen LogP contribution is -2.33. The summed E-state index contributed by atoms with van der Waals surface area (Å²) in [6, 6.07) is 7.70. The third-order valence-corrected chi connectivity index (χ3v) is 3.72. The van der Waals surface area contributed by atoms with E-state index in [1.54, 1.807) is 6.07 Å². The Hall–Kier alpha value is -1.73. The van der Waals surface area contributed by atoms with Crippen molar-refractivity contribution in [3.05, 3.63) is 35.6 Å². The average Bonchev–Trinajstić information content (AvgIpc) is 2.37. The van der Waals surface area contributed by atoms with Gasteiger partial charge in [0.05, 0.1) is 12.2 Å². The molecular formula is C16H18FNO2. The van der Waals surface area contributed by atoms with E-state index in [1.165, 1.54) is 18.2 Å². The van der Waals surface area contributed by atoms with Gasteiger partial charge in [-0.3, -0.25) is 4.79 Å². The molecule has 106 valence electrons. The molecule has 0 heterocycles. The van der Waals surface area contributed by atoms with Crippen LogP contribution in [0, 0.1) is 23.1 Å². The molecule has 1 atom stereocenters. The van der Waals surface area contributed by atoms with Crippen LogP contribution in [0.2, 0.25) is 0 Å². The minimum absolute atomic E-state index is 0.127. The molecule has 0 radical (unpaired) electrons. The topological polar surface area (TPSA) is 50.1 Å². The Bertz CT molecular complexity index is 517. The highest BCUT2D eigenvalue weighted by molar-refractivity contribution is 5.88. The molecule has 1 aromatic carbocycles. The number of carbonyl (C=O) groups is 1. The summed E-state index contributed by atoms with van der Waals surface area (Å²) >= 11 is 0. The number of halogens is 1. The second kappa shape index (κ2) is 6.62. The summed E-state index contributed by atoms with van der Waals surface area (Å²) in [5.74, 6) is -1.12. The van der Waals surface area contributed by atoms with E-state index < -0.39 is 11.7 Å². The molecule has 0 spiro atoms. The van der Waals surface area contributed by atoms with Crippen molar-refractivity contribution in [3.8, 4) is 6.07 Å². The molecule has 1 aliphatic rings. The SMILES string of the molecule is CCOC1CC(CC(=O)C(C#N)c2cccc(F)c2)C1. The zero-order chi connectivity index (χ0) is 14.5. The predicted octanol–water partition coefficient (Wildman–Crippen LogP) is 3.21. The van der Waals surface area contributed by atoms with Crippen LogP contribution in [0.15, 0.2) is 24.3 Å². The van der Waals surface area contributed by atoms with Gasteiger partial charge < -0.3 is 4.74 Å². The number of nitriles is 1. The Morgan fingerprint density at radius 1 is 1.55 bits per heavy atom. The van der Waals surface area contributed by atoms with E-state index in [4.69, 9.17) is 10.00 Å². The van der Waals surface area contributed by atoms with Crippen molar-refractivity contribution < 1.29 is 13.9 Å². The van der Waals surface area contributed by atoms with E-state index in [0.717, 1.165) is 12.8 Å². The number of hydrogen-bond acceptors (Lipinski definition) is 3. The van der Waals surface area contributed by atoms with Gasteiger partial charge in [-0.1, -0.05) is 12.1 Å². The van der Waals surface area contributed by atoms with E-state index in [2.05, 4.69) is 0 Å². The number of hydrogen-bond donors (Lipinski definition) is 0. The highest BCUT2D eigenvalue weighted by Crippen LogP contribution is 2.34. The molecule has 1 aliphatic carbocycles. The van der Waals surface area contributed by atoms with Crippen LogP contribution in [-0.4, -0.2) is 18.5 Å². The van der Waals surface area contributed by atoms with Crippen molar-refractivity contribution >= 4 is 5.78 Å². The maximum Gasteiger partial charge on any atom is 0.154 e. The summed E-state index contributed by atoms with van der Waals surface area (Å²) in [5.41, 5.74) is 0.443. The molecule has 2 rings (SSSR count). The maximum absolute atomic E-state index is 13.2. The van der Waals surface area contributed by atoms with Crippen molar-refractivity contribution in [2.24, 2.45) is 5.92 Å². The number of ether oxygens (including phenoxy) is 1. The fourth-order valence-electron chi connectivity index (χ4n) is 2.63. The summed E-state index contributed by atoms with van der Waals surface area (Å²) in [6.07, 6.45) is 2.38. The molecule has 0 N–H and O–H groups in total. The smallest absolute Gasteiger partial charge is 0.154 e. The van der Waals surface area contributed by atoms with Crippen molar-refractivity contribution in [1.29, 1.82) is 5.26 Å². The number of nitrogens with zero attached hydrogens (tertiary/aromatic N) is 1. The summed E-state index contributed by atoms with van der Waals surface area (Å²) in [4.78, 5) is 12.2. The van der Waals surface area contributed by atoms with Gasteiger partial charge in [-0.2, -0.15) is 5.26 Å². The van der Waals surface area contributed by atoms with E-state index in [0.29, 0.717) is 24.5 Å². The minimum Gasteiger partial charge on any atom is -0.378 e. The van der Waals surface area contributed by atoms with Crippen LogP contribution >= 0.6 is 0 Å². The summed E-state index contributed by atoms with van der Waals surface area (Å²) in [6.45, 7) is 2.64. The molecular weight excluding hydrogens is 257 g/mol. The molecule has 1 aromatic rings. The Labute approximate surface area is 118 Å². The largest absolute Gasteiger partial charge is 0.378 e. The van der Waals surface area contributed by atoms with E-state index >= 15 is 0 Å². The zero-order valence-electron chi connectivity index (χ0n) is 11.5. The Morgan fingerprint density at radius 2 is 2.30 bits per heavy atom. The lowest BCUT2D eigenvalue weighted by atomic mass is 9.77. The second-order valence-electron chi connectivity index (χ2n) is 5.20. The second-order valence-corrected chi connectivity index (χ2v) is 5.20. The van der Waals surface area contributed by atoms with Crippen molar-refractivity contribution in [1.82, 2.24) is 0 Å². The first-order valence-corrected chi connectivity index (χ1v) is 6.93. The van der Waals surface area contributed by atoms with E-state index in [1.807, 2.05) is 13.0 Å². The van der Waals surface area contributed by atoms with Gasteiger partial charge in [0.2, 0.25) is 0 Å². The van der Waals surface area contributed by atoms with Crippen LogP contribution in [0.5, 0.6) is 0 Å². The Kier molecular flexibility index (Phi) is 4.86. The Balaban J connectivity index is 1.93. The van der Waals surface area contributed by atoms with Gasteiger partial charge in [0.1, 0.15) is 11.7 Å². The van der Waals surface area contributed by atoms with Gasteiger partial charge in [0, 0.05) is 13.0 Å². The van der Waals surface area contributed by atoms with Gasteiger partial charge in [-0.05, 0) is 43.4 Å². The van der Waals surface area contributed by atoms with E-state index in [9.17, 15) is 9.18 Å². The molecule has 0 amide bonds. The number of benzene rings is 1. The van der Waals surface area contributed by atoms with Crippen LogP contribution in [0.1, 0.15) is 37.7 Å². The maximum atomic E-state index is 13.2. The number of Topliss-reactive ketones (excluding diaryl/α,β-unsaturated/α-hetero) is 1. The summed E-state index contributed by atoms with van der Waals surface area (Å²) in [5, 5.41) is 9.16. The quantitative estimate of drug-likeness (QED) is 0.801. The summed E-state index contributed by atoms with van der Waals surface area (Å²) < 4.78 is 18.6. The standard InChI is InChI=1S/C16H18FNO2/c1-2-20-14-6-11(7-14)8-16(19)15(10-18)12-4-3-5-13(17)9-12/h3-5,9,11,14-15H,2,6-8H2,1H3. The molecule has 0 aromatic heterocycles. The molecule has 20 heavy (non-hydrogen) atoms. The third kappa shape index (κ3) is 3.43. The first-order chi connectivity index (χ1) is 9.63. The zero-order valence-corrected chi connectivity index (χ0v) is 11.5. The molecule has 1 saturated carbocycles. The van der Waals surface area contributed by atoms with Gasteiger partial charge in [-0.15, -0.1) is 0 Å². The molecule has 0 aliphatic heterocycles. The first-order valence-electron chi connectivity index (χ1n) is 6.93. The van der Waals surface area contributed by atoms with Crippen molar-refractivity contribution in [2.75, 3.05) is 6.61 Å². The molecule has 3 nitrogen and oxygen atoms in total. The highest BCUT2D eigenvalue weighted by atomic mass is 19.1. The Morgan fingerprint density at radius 3 is 2.90 bits per heavy atom. The number of ketones is 1. The predicted molar refractivity (Wildman–Crippen MR) is 72.5 cm³/mol. The van der Waals surface area contributed by atoms with Crippen molar-refractivity contribution in [2.45, 2.75) is 38.2 Å². The van der Waals surface area contributed by atoms with Crippen LogP contribution < -0.4 is 0 Å². The van der Waals surface area contributed by atoms with Gasteiger partial charge >= 0.3 is 0 Å². The van der Waals surface area contributed by atoms with Crippen LogP contribution in [0.4, 0.5) is 4.39 Å². The molecule has 0 bridgehead atoms. The first kappa shape index (κ1) is 14.7. The summed E-state index contributed by atoms with van der Waals surface area (Å²) in [7, 11) is 0. The molecule has 1 unspecified atom stereocenters. The van der Waals surface area contributed by atoms with Crippen LogP contribution in [-0.2, 0) is 9.53 Å². The average molecular weight is 275 g/mol. The van der Waals surface area contributed by atoms with Gasteiger partial charge in [-0.25, -0.2) is 4.39 Å². The molecule has 0 saturated heterocycles. The molecule has 4 heteroatoms. The third-order valence-electron chi connectivity index (χ3n) is 3.72. The fourth-order valence-corrected chi connectivity index (χ4v) is 2.63. The lowest BCUT2D eigenvalue weighted by molar-refractivity contribution is -0.122. The van der Waals surface area contributed by atoms with Crippen LogP contribution in [0.25, 0.3) is 0 Å². The minimum atomic E-state index is -0.864. The van der Waals surface area contributed by atoms with Crippen LogP contribution in [0.3, 0.4) is 0 Å². The van der Waals surface area contributed by atoms with Crippen molar-refractivity contribution in [3.63, 3.8) is 0 Å². The number of carbonyl (C=O) groups excluding carboxylic acids is 1. The molecule has 1 fully saturated rings. The van der Waals surface area contributed by atoms with Gasteiger partial charge in [0.25, 0.3) is 0 Å².